The summed E-state index contributed by atoms with van der Waals surface area (Å²) in [5, 5.41) is 2.77. The maximum Gasteiger partial charge on any atom is 0.251 e. The van der Waals surface area contributed by atoms with Crippen LogP contribution < -0.4 is 10.0 Å². The van der Waals surface area contributed by atoms with Crippen molar-refractivity contribution in [1.29, 1.82) is 0 Å². The first-order valence-corrected chi connectivity index (χ1v) is 9.96. The van der Waals surface area contributed by atoms with Crippen LogP contribution >= 0.6 is 0 Å². The molecule has 1 aliphatic heterocycles. The van der Waals surface area contributed by atoms with Crippen LogP contribution in [-0.2, 0) is 21.2 Å². The van der Waals surface area contributed by atoms with E-state index in [2.05, 4.69) is 10.0 Å². The Balaban J connectivity index is 1.61. The second-order valence-corrected chi connectivity index (χ2v) is 7.94. The highest BCUT2D eigenvalue weighted by Crippen LogP contribution is 2.14. The average molecular weight is 378 g/mol. The number of ether oxygens (including phenoxy) is 1. The number of aryl methyl sites for hydroxylation is 1. The van der Waals surface area contributed by atoms with Crippen molar-refractivity contribution in [2.45, 2.75) is 30.7 Å². The van der Waals surface area contributed by atoms with Crippen LogP contribution in [-0.4, -0.2) is 40.1 Å². The lowest BCUT2D eigenvalue weighted by molar-refractivity contribution is 0.0953. The highest BCUT2D eigenvalue weighted by Gasteiger charge is 2.24. The molecule has 1 atom stereocenters. The summed E-state index contributed by atoms with van der Waals surface area (Å²) >= 11 is 0. The molecular weight excluding hydrogens is 356 g/mol. The van der Waals surface area contributed by atoms with Gasteiger partial charge in [-0.25, -0.2) is 13.1 Å². The minimum Gasteiger partial charge on any atom is -0.466 e. The van der Waals surface area contributed by atoms with Gasteiger partial charge in [-0.15, -0.1) is 0 Å². The third-order valence-corrected chi connectivity index (χ3v) is 5.63. The first-order valence-electron chi connectivity index (χ1n) is 8.48. The Bertz CT molecular complexity index is 869. The van der Waals surface area contributed by atoms with E-state index >= 15 is 0 Å². The predicted octanol–water partition coefficient (Wildman–Crippen LogP) is 1.63. The molecule has 140 valence electrons. The molecule has 0 spiro atoms. The molecule has 1 unspecified atom stereocenters. The van der Waals surface area contributed by atoms with Gasteiger partial charge in [0.1, 0.15) is 11.5 Å². The molecular formula is C18H22N2O5S. The minimum atomic E-state index is -3.69. The van der Waals surface area contributed by atoms with E-state index in [-0.39, 0.29) is 16.8 Å². The third-order valence-electron chi connectivity index (χ3n) is 4.11. The number of nitrogens with one attached hydrogen (secondary N) is 2. The number of carbonyl (C=O) groups excluding carboxylic acids is 1. The Kier molecular flexibility index (Phi) is 5.75. The summed E-state index contributed by atoms with van der Waals surface area (Å²) in [6.07, 6.45) is 1.21. The van der Waals surface area contributed by atoms with E-state index in [1.807, 2.05) is 19.1 Å². The topological polar surface area (TPSA) is 97.6 Å². The summed E-state index contributed by atoms with van der Waals surface area (Å²) in [6.45, 7) is 3.18. The summed E-state index contributed by atoms with van der Waals surface area (Å²) in [4.78, 5) is 12.4. The first kappa shape index (κ1) is 18.6. The van der Waals surface area contributed by atoms with E-state index in [9.17, 15) is 13.2 Å². The molecule has 0 aliphatic carbocycles. The smallest absolute Gasteiger partial charge is 0.251 e. The van der Waals surface area contributed by atoms with Crippen molar-refractivity contribution in [1.82, 2.24) is 10.0 Å². The van der Waals surface area contributed by atoms with E-state index in [1.54, 1.807) is 12.1 Å². The number of amides is 1. The molecule has 1 aromatic carbocycles. The zero-order valence-corrected chi connectivity index (χ0v) is 15.3. The average Bonchev–Trinajstić information content (AvgIpc) is 3.26. The second-order valence-electron chi connectivity index (χ2n) is 6.23. The fraction of sp³-hybridized carbons (Fsp3) is 0.389. The molecule has 2 N–H and O–H groups in total. The second kappa shape index (κ2) is 8.03. The lowest BCUT2D eigenvalue weighted by Crippen LogP contribution is -2.35. The van der Waals surface area contributed by atoms with Crippen LogP contribution in [0.15, 0.2) is 45.7 Å². The summed E-state index contributed by atoms with van der Waals surface area (Å²) in [5.41, 5.74) is 0.297. The van der Waals surface area contributed by atoms with Crippen molar-refractivity contribution in [3.63, 3.8) is 0 Å². The molecule has 0 bridgehead atoms. The molecule has 8 heteroatoms. The number of rotatable bonds is 7. The van der Waals surface area contributed by atoms with Gasteiger partial charge in [-0.2, -0.15) is 0 Å². The van der Waals surface area contributed by atoms with Crippen LogP contribution in [0.3, 0.4) is 0 Å². The maximum absolute atomic E-state index is 12.5. The van der Waals surface area contributed by atoms with Gasteiger partial charge in [0.05, 0.1) is 11.5 Å². The van der Waals surface area contributed by atoms with Crippen molar-refractivity contribution < 1.29 is 22.4 Å². The largest absolute Gasteiger partial charge is 0.466 e. The molecule has 1 aromatic heterocycles. The molecule has 2 aromatic rings. The van der Waals surface area contributed by atoms with Gasteiger partial charge in [-0.3, -0.25) is 4.79 Å². The van der Waals surface area contributed by atoms with Gasteiger partial charge in [0, 0.05) is 31.2 Å². The van der Waals surface area contributed by atoms with Gasteiger partial charge in [-0.05, 0) is 43.7 Å². The zero-order valence-electron chi connectivity index (χ0n) is 14.5. The summed E-state index contributed by atoms with van der Waals surface area (Å²) in [5.74, 6) is 1.29. The molecule has 0 saturated carbocycles. The van der Waals surface area contributed by atoms with Crippen LogP contribution in [0.25, 0.3) is 0 Å². The van der Waals surface area contributed by atoms with Gasteiger partial charge in [0.25, 0.3) is 5.91 Å². The van der Waals surface area contributed by atoms with E-state index < -0.39 is 10.0 Å². The van der Waals surface area contributed by atoms with Gasteiger partial charge in [0.2, 0.25) is 10.0 Å². The van der Waals surface area contributed by atoms with Crippen LogP contribution in [0.2, 0.25) is 0 Å². The van der Waals surface area contributed by atoms with Gasteiger partial charge < -0.3 is 14.5 Å². The first-order chi connectivity index (χ1) is 12.4. The van der Waals surface area contributed by atoms with Crippen LogP contribution in [0.1, 0.15) is 28.3 Å². The van der Waals surface area contributed by atoms with E-state index in [0.29, 0.717) is 38.2 Å². The molecule has 1 amide bonds. The number of sulfonamides is 1. The van der Waals surface area contributed by atoms with Crippen molar-refractivity contribution in [2.75, 3.05) is 19.8 Å². The Morgan fingerprint density at radius 2 is 2.12 bits per heavy atom. The highest BCUT2D eigenvalue weighted by atomic mass is 32.2. The van der Waals surface area contributed by atoms with Crippen molar-refractivity contribution >= 4 is 15.9 Å². The summed E-state index contributed by atoms with van der Waals surface area (Å²) in [7, 11) is -3.69. The molecule has 26 heavy (non-hydrogen) atoms. The number of benzene rings is 1. The van der Waals surface area contributed by atoms with Crippen molar-refractivity contribution in [3.05, 3.63) is 53.5 Å². The van der Waals surface area contributed by atoms with E-state index in [0.717, 1.165) is 11.5 Å². The predicted molar refractivity (Wildman–Crippen MR) is 95.5 cm³/mol. The SMILES string of the molecule is Cc1ccc(CCNC(=O)c2cccc(S(=O)(=O)NC3CCOC3)c2)o1. The molecule has 0 radical (unpaired) electrons. The Morgan fingerprint density at radius 1 is 1.27 bits per heavy atom. The number of furan rings is 1. The Hall–Kier alpha value is -2.16. The lowest BCUT2D eigenvalue weighted by Gasteiger charge is -2.12. The number of hydrogen-bond donors (Lipinski definition) is 2. The van der Waals surface area contributed by atoms with Gasteiger partial charge in [-0.1, -0.05) is 6.07 Å². The van der Waals surface area contributed by atoms with Crippen molar-refractivity contribution in [3.8, 4) is 0 Å². The maximum atomic E-state index is 12.5. The van der Waals surface area contributed by atoms with E-state index in [1.165, 1.54) is 12.1 Å². The molecule has 2 heterocycles. The molecule has 7 nitrogen and oxygen atoms in total. The standard InChI is InChI=1S/C18H22N2O5S/c1-13-5-6-16(25-13)7-9-19-18(21)14-3-2-4-17(11-14)26(22,23)20-15-8-10-24-12-15/h2-6,11,15,20H,7-10,12H2,1H3,(H,19,21). The molecule has 1 aliphatic rings. The molecule has 1 saturated heterocycles. The highest BCUT2D eigenvalue weighted by molar-refractivity contribution is 7.89. The quantitative estimate of drug-likeness (QED) is 0.763. The normalized spacial score (nSPS) is 17.3. The fourth-order valence-electron chi connectivity index (χ4n) is 2.74. The monoisotopic (exact) mass is 378 g/mol. The van der Waals surface area contributed by atoms with Crippen molar-refractivity contribution in [2.24, 2.45) is 0 Å². The summed E-state index contributed by atoms with van der Waals surface area (Å²) in [6, 6.07) is 9.51. The van der Waals surface area contributed by atoms with Crippen LogP contribution in [0, 0.1) is 6.92 Å². The molecule has 1 fully saturated rings. The van der Waals surface area contributed by atoms with Crippen LogP contribution in [0.4, 0.5) is 0 Å². The van der Waals surface area contributed by atoms with Crippen LogP contribution in [0.5, 0.6) is 0 Å². The Morgan fingerprint density at radius 3 is 2.81 bits per heavy atom. The number of carbonyl (C=O) groups is 1. The minimum absolute atomic E-state index is 0.0682. The fourth-order valence-corrected chi connectivity index (χ4v) is 4.04. The van der Waals surface area contributed by atoms with Gasteiger partial charge in [0.15, 0.2) is 0 Å². The Labute approximate surface area is 152 Å². The summed E-state index contributed by atoms with van der Waals surface area (Å²) < 4.78 is 38.1. The lowest BCUT2D eigenvalue weighted by atomic mass is 10.2. The zero-order chi connectivity index (χ0) is 18.6. The number of hydrogen-bond acceptors (Lipinski definition) is 5. The van der Waals surface area contributed by atoms with Gasteiger partial charge >= 0.3 is 0 Å². The third kappa shape index (κ3) is 4.72. The molecule has 3 rings (SSSR count). The van der Waals surface area contributed by atoms with E-state index in [4.69, 9.17) is 9.15 Å².